The molecule has 0 bridgehead atoms. The fourth-order valence-electron chi connectivity index (χ4n) is 1.37. The lowest BCUT2D eigenvalue weighted by atomic mass is 10.1. The van der Waals surface area contributed by atoms with Crippen molar-refractivity contribution in [3.05, 3.63) is 22.4 Å². The van der Waals surface area contributed by atoms with E-state index in [0.29, 0.717) is 12.6 Å². The Morgan fingerprint density at radius 1 is 1.67 bits per heavy atom. The Morgan fingerprint density at radius 3 is 2.93 bits per heavy atom. The van der Waals surface area contributed by atoms with Gasteiger partial charge in [-0.05, 0) is 31.5 Å². The summed E-state index contributed by atoms with van der Waals surface area (Å²) in [6.07, 6.45) is 2.01. The third-order valence-corrected chi connectivity index (χ3v) is 4.18. The topological polar surface area (TPSA) is 32.3 Å². The first-order valence-corrected chi connectivity index (χ1v) is 7.30. The van der Waals surface area contributed by atoms with Gasteiger partial charge in [-0.1, -0.05) is 6.07 Å². The van der Waals surface area contributed by atoms with Crippen LogP contribution in [-0.4, -0.2) is 29.3 Å². The fraction of sp³-hybridized carbons (Fsp3) is 0.636. The Balaban J connectivity index is 2.37. The zero-order valence-corrected chi connectivity index (χ0v) is 11.1. The molecule has 1 heterocycles. The number of aliphatic hydroxyl groups is 1. The molecule has 0 aliphatic heterocycles. The Bertz CT molecular complexity index is 272. The molecule has 2 N–H and O–H groups in total. The van der Waals surface area contributed by atoms with Crippen molar-refractivity contribution in [3.63, 3.8) is 0 Å². The number of hydrogen-bond donors (Lipinski definition) is 2. The van der Waals surface area contributed by atoms with Crippen LogP contribution in [0.2, 0.25) is 0 Å². The summed E-state index contributed by atoms with van der Waals surface area (Å²) in [4.78, 5) is 1.31. The Hall–Kier alpha value is -0.0300. The molecule has 0 fully saturated rings. The van der Waals surface area contributed by atoms with Crippen LogP contribution in [0.1, 0.15) is 24.8 Å². The summed E-state index contributed by atoms with van der Waals surface area (Å²) in [5, 5.41) is 15.4. The van der Waals surface area contributed by atoms with Crippen molar-refractivity contribution < 1.29 is 5.11 Å². The second kappa shape index (κ2) is 5.89. The zero-order chi connectivity index (χ0) is 11.3. The lowest BCUT2D eigenvalue weighted by Crippen LogP contribution is -2.40. The van der Waals surface area contributed by atoms with Crippen molar-refractivity contribution in [2.45, 2.75) is 25.5 Å². The van der Waals surface area contributed by atoms with Crippen molar-refractivity contribution in [2.24, 2.45) is 0 Å². The van der Waals surface area contributed by atoms with Crippen LogP contribution in [0.5, 0.6) is 0 Å². The normalized spacial score (nSPS) is 17.3. The molecule has 1 aromatic rings. The number of nitrogens with one attached hydrogen (secondary N) is 1. The average Bonchev–Trinajstić information content (AvgIpc) is 2.67. The summed E-state index contributed by atoms with van der Waals surface area (Å²) in [6.45, 7) is 4.63. The van der Waals surface area contributed by atoms with Crippen LogP contribution in [-0.2, 0) is 0 Å². The predicted molar refractivity (Wildman–Crippen MR) is 69.7 cm³/mol. The standard InChI is InChI=1S/C11H19NOS2/c1-9(10-5-4-6-15-10)12-7-11(2,13)8-14-3/h4-6,9,12-13H,7-8H2,1-3H3. The molecule has 1 aromatic heterocycles. The molecule has 2 nitrogen and oxygen atoms in total. The van der Waals surface area contributed by atoms with Crippen LogP contribution in [0, 0.1) is 0 Å². The molecule has 15 heavy (non-hydrogen) atoms. The van der Waals surface area contributed by atoms with E-state index in [0.717, 1.165) is 5.75 Å². The lowest BCUT2D eigenvalue weighted by molar-refractivity contribution is 0.0822. The number of thiophene rings is 1. The van der Waals surface area contributed by atoms with E-state index < -0.39 is 5.60 Å². The summed E-state index contributed by atoms with van der Waals surface area (Å²) in [5.74, 6) is 0.761. The van der Waals surface area contributed by atoms with E-state index in [2.05, 4.69) is 29.8 Å². The predicted octanol–water partition coefficient (Wildman–Crippen LogP) is 2.51. The quantitative estimate of drug-likeness (QED) is 0.808. The minimum atomic E-state index is -0.620. The van der Waals surface area contributed by atoms with Crippen LogP contribution in [0.3, 0.4) is 0 Å². The Morgan fingerprint density at radius 2 is 2.40 bits per heavy atom. The summed E-state index contributed by atoms with van der Waals surface area (Å²) < 4.78 is 0. The van der Waals surface area contributed by atoms with Crippen LogP contribution in [0.25, 0.3) is 0 Å². The molecular formula is C11H19NOS2. The van der Waals surface area contributed by atoms with Crippen LogP contribution in [0.15, 0.2) is 17.5 Å². The smallest absolute Gasteiger partial charge is 0.0833 e. The van der Waals surface area contributed by atoms with Gasteiger partial charge in [0.25, 0.3) is 0 Å². The lowest BCUT2D eigenvalue weighted by Gasteiger charge is -2.24. The third kappa shape index (κ3) is 4.55. The molecule has 2 unspecified atom stereocenters. The van der Waals surface area contributed by atoms with Gasteiger partial charge in [0.2, 0.25) is 0 Å². The molecule has 0 saturated carbocycles. The molecule has 1 rings (SSSR count). The first kappa shape index (κ1) is 13.0. The minimum Gasteiger partial charge on any atom is -0.388 e. The summed E-state index contributed by atoms with van der Waals surface area (Å²) in [5.41, 5.74) is -0.620. The van der Waals surface area contributed by atoms with E-state index in [-0.39, 0.29) is 0 Å². The Kier molecular flexibility index (Phi) is 5.12. The maximum absolute atomic E-state index is 9.98. The highest BCUT2D eigenvalue weighted by Crippen LogP contribution is 2.19. The van der Waals surface area contributed by atoms with Crippen LogP contribution in [0.4, 0.5) is 0 Å². The molecule has 0 amide bonds. The van der Waals surface area contributed by atoms with Crippen molar-refractivity contribution in [1.29, 1.82) is 0 Å². The largest absolute Gasteiger partial charge is 0.388 e. The number of thioether (sulfide) groups is 1. The fourth-order valence-corrected chi connectivity index (χ4v) is 2.86. The van der Waals surface area contributed by atoms with E-state index in [1.807, 2.05) is 13.2 Å². The second-order valence-corrected chi connectivity index (χ2v) is 5.89. The summed E-state index contributed by atoms with van der Waals surface area (Å²) >= 11 is 3.42. The van der Waals surface area contributed by atoms with Gasteiger partial charge in [-0.25, -0.2) is 0 Å². The van der Waals surface area contributed by atoms with E-state index in [4.69, 9.17) is 0 Å². The van der Waals surface area contributed by atoms with Crippen molar-refractivity contribution in [2.75, 3.05) is 18.6 Å². The number of hydrogen-bond acceptors (Lipinski definition) is 4. The SMILES string of the molecule is CSCC(C)(O)CNC(C)c1cccs1. The monoisotopic (exact) mass is 245 g/mol. The van der Waals surface area contributed by atoms with Crippen LogP contribution < -0.4 is 5.32 Å². The van der Waals surface area contributed by atoms with Gasteiger partial charge in [0.05, 0.1) is 5.60 Å². The third-order valence-electron chi connectivity index (χ3n) is 2.21. The minimum absolute atomic E-state index is 0.318. The van der Waals surface area contributed by atoms with Gasteiger partial charge in [0.1, 0.15) is 0 Å². The van der Waals surface area contributed by atoms with Gasteiger partial charge in [-0.2, -0.15) is 11.8 Å². The molecule has 0 aromatic carbocycles. The summed E-state index contributed by atoms with van der Waals surface area (Å²) in [7, 11) is 0. The Labute approximate surface area is 100 Å². The summed E-state index contributed by atoms with van der Waals surface area (Å²) in [6, 6.07) is 4.49. The molecule has 0 radical (unpaired) electrons. The molecule has 0 aliphatic carbocycles. The van der Waals surface area contributed by atoms with Gasteiger partial charge in [-0.3, -0.25) is 0 Å². The van der Waals surface area contributed by atoms with E-state index in [1.165, 1.54) is 4.88 Å². The molecule has 2 atom stereocenters. The maximum Gasteiger partial charge on any atom is 0.0833 e. The first-order valence-electron chi connectivity index (χ1n) is 5.03. The molecular weight excluding hydrogens is 226 g/mol. The van der Waals surface area contributed by atoms with Gasteiger partial charge >= 0.3 is 0 Å². The van der Waals surface area contributed by atoms with Gasteiger partial charge in [0, 0.05) is 23.2 Å². The molecule has 0 aliphatic rings. The zero-order valence-electron chi connectivity index (χ0n) is 9.49. The van der Waals surface area contributed by atoms with E-state index in [1.54, 1.807) is 23.1 Å². The number of rotatable bonds is 6. The van der Waals surface area contributed by atoms with Crippen LogP contribution >= 0.6 is 23.1 Å². The molecule has 4 heteroatoms. The van der Waals surface area contributed by atoms with Gasteiger partial charge in [0.15, 0.2) is 0 Å². The molecule has 0 spiro atoms. The van der Waals surface area contributed by atoms with Crippen molar-refractivity contribution in [3.8, 4) is 0 Å². The highest BCUT2D eigenvalue weighted by molar-refractivity contribution is 7.98. The highest BCUT2D eigenvalue weighted by atomic mass is 32.2. The maximum atomic E-state index is 9.98. The van der Waals surface area contributed by atoms with Gasteiger partial charge in [-0.15, -0.1) is 11.3 Å². The highest BCUT2D eigenvalue weighted by Gasteiger charge is 2.20. The second-order valence-electron chi connectivity index (χ2n) is 4.05. The van der Waals surface area contributed by atoms with E-state index in [9.17, 15) is 5.11 Å². The van der Waals surface area contributed by atoms with Crippen molar-refractivity contribution >= 4 is 23.1 Å². The first-order chi connectivity index (χ1) is 7.05. The molecule has 86 valence electrons. The molecule has 0 saturated heterocycles. The van der Waals surface area contributed by atoms with E-state index >= 15 is 0 Å². The van der Waals surface area contributed by atoms with Gasteiger partial charge < -0.3 is 10.4 Å². The average molecular weight is 245 g/mol. The van der Waals surface area contributed by atoms with Crippen molar-refractivity contribution in [1.82, 2.24) is 5.32 Å².